The lowest BCUT2D eigenvalue weighted by atomic mass is 10.1. The van der Waals surface area contributed by atoms with Crippen LogP contribution in [0.3, 0.4) is 0 Å². The van der Waals surface area contributed by atoms with Gasteiger partial charge in [-0.15, -0.1) is 0 Å². The number of aryl methyl sites for hydroxylation is 2. The summed E-state index contributed by atoms with van der Waals surface area (Å²) in [6.07, 6.45) is 2.05. The predicted octanol–water partition coefficient (Wildman–Crippen LogP) is 3.92. The lowest BCUT2D eigenvalue weighted by Gasteiger charge is -2.10. The molecule has 0 aliphatic carbocycles. The van der Waals surface area contributed by atoms with E-state index in [9.17, 15) is 5.11 Å². The second kappa shape index (κ2) is 5.44. The molecule has 2 aromatic carbocycles. The van der Waals surface area contributed by atoms with E-state index in [1.807, 2.05) is 31.3 Å². The maximum Gasteiger partial charge on any atom is 0.140 e. The van der Waals surface area contributed by atoms with Gasteiger partial charge < -0.3 is 9.67 Å². The van der Waals surface area contributed by atoms with Gasteiger partial charge in [0.05, 0.1) is 5.69 Å². The van der Waals surface area contributed by atoms with Gasteiger partial charge in [0.2, 0.25) is 0 Å². The SMILES string of the molecule is Cc1cn(Cc2ccccc2C)c(-c2cccc(O)c2)n1. The summed E-state index contributed by atoms with van der Waals surface area (Å²) in [4.78, 5) is 4.60. The first-order chi connectivity index (χ1) is 10.1. The third-order valence-corrected chi connectivity index (χ3v) is 3.60. The number of benzene rings is 2. The van der Waals surface area contributed by atoms with Gasteiger partial charge in [0.25, 0.3) is 0 Å². The van der Waals surface area contributed by atoms with Crippen molar-refractivity contribution in [3.8, 4) is 17.1 Å². The summed E-state index contributed by atoms with van der Waals surface area (Å²) in [7, 11) is 0. The lowest BCUT2D eigenvalue weighted by molar-refractivity contribution is 0.475. The highest BCUT2D eigenvalue weighted by molar-refractivity contribution is 5.58. The van der Waals surface area contributed by atoms with E-state index in [0.29, 0.717) is 0 Å². The number of aromatic nitrogens is 2. The van der Waals surface area contributed by atoms with Gasteiger partial charge in [0, 0.05) is 18.3 Å². The third-order valence-electron chi connectivity index (χ3n) is 3.60. The first kappa shape index (κ1) is 13.4. The molecule has 0 fully saturated rings. The second-order valence-corrected chi connectivity index (χ2v) is 5.31. The van der Waals surface area contributed by atoms with E-state index < -0.39 is 0 Å². The molecule has 3 heteroatoms. The Balaban J connectivity index is 2.02. The monoisotopic (exact) mass is 278 g/mol. The molecule has 0 saturated carbocycles. The zero-order chi connectivity index (χ0) is 14.8. The molecule has 0 spiro atoms. The average molecular weight is 278 g/mol. The normalized spacial score (nSPS) is 10.8. The largest absolute Gasteiger partial charge is 0.508 e. The van der Waals surface area contributed by atoms with Crippen LogP contribution in [0.15, 0.2) is 54.7 Å². The van der Waals surface area contributed by atoms with Crippen LogP contribution in [0.4, 0.5) is 0 Å². The van der Waals surface area contributed by atoms with Gasteiger partial charge in [-0.2, -0.15) is 0 Å². The number of imidazole rings is 1. The first-order valence-electron chi connectivity index (χ1n) is 7.01. The molecule has 3 aromatic rings. The topological polar surface area (TPSA) is 38.0 Å². The minimum atomic E-state index is 0.260. The summed E-state index contributed by atoms with van der Waals surface area (Å²) in [6.45, 7) is 4.88. The first-order valence-corrected chi connectivity index (χ1v) is 7.01. The smallest absolute Gasteiger partial charge is 0.140 e. The van der Waals surface area contributed by atoms with Crippen molar-refractivity contribution >= 4 is 0 Å². The number of phenolic OH excluding ortho intramolecular Hbond substituents is 1. The molecule has 0 bridgehead atoms. The fraction of sp³-hybridized carbons (Fsp3) is 0.167. The van der Waals surface area contributed by atoms with Crippen LogP contribution in [0.2, 0.25) is 0 Å². The number of hydrogen-bond acceptors (Lipinski definition) is 2. The van der Waals surface area contributed by atoms with Gasteiger partial charge in [0.1, 0.15) is 11.6 Å². The fourth-order valence-electron chi connectivity index (χ4n) is 2.51. The molecule has 21 heavy (non-hydrogen) atoms. The van der Waals surface area contributed by atoms with Crippen molar-refractivity contribution in [2.45, 2.75) is 20.4 Å². The summed E-state index contributed by atoms with van der Waals surface area (Å²) in [5, 5.41) is 9.67. The lowest BCUT2D eigenvalue weighted by Crippen LogP contribution is -2.02. The maximum absolute atomic E-state index is 9.67. The van der Waals surface area contributed by atoms with E-state index in [1.165, 1.54) is 11.1 Å². The van der Waals surface area contributed by atoms with Gasteiger partial charge in [-0.3, -0.25) is 0 Å². The Morgan fingerprint density at radius 3 is 2.62 bits per heavy atom. The average Bonchev–Trinajstić information content (AvgIpc) is 2.82. The van der Waals surface area contributed by atoms with Crippen LogP contribution < -0.4 is 0 Å². The molecule has 1 aromatic heterocycles. The van der Waals surface area contributed by atoms with Crippen molar-refractivity contribution in [1.82, 2.24) is 9.55 Å². The van der Waals surface area contributed by atoms with Gasteiger partial charge in [-0.05, 0) is 37.1 Å². The van der Waals surface area contributed by atoms with Gasteiger partial charge in [-0.25, -0.2) is 4.98 Å². The Hall–Kier alpha value is -2.55. The molecular formula is C18H18N2O. The Kier molecular flexibility index (Phi) is 3.48. The maximum atomic E-state index is 9.67. The Labute approximate surface area is 124 Å². The van der Waals surface area contributed by atoms with Crippen LogP contribution in [-0.4, -0.2) is 14.7 Å². The summed E-state index contributed by atoms with van der Waals surface area (Å²) < 4.78 is 2.13. The number of hydrogen-bond donors (Lipinski definition) is 1. The van der Waals surface area contributed by atoms with E-state index in [0.717, 1.165) is 23.6 Å². The Morgan fingerprint density at radius 1 is 1.05 bits per heavy atom. The van der Waals surface area contributed by atoms with Crippen molar-refractivity contribution in [1.29, 1.82) is 0 Å². The zero-order valence-electron chi connectivity index (χ0n) is 12.2. The van der Waals surface area contributed by atoms with E-state index in [1.54, 1.807) is 12.1 Å². The van der Waals surface area contributed by atoms with Crippen LogP contribution in [0.25, 0.3) is 11.4 Å². The molecule has 0 saturated heterocycles. The molecule has 1 heterocycles. The number of aromatic hydroxyl groups is 1. The molecule has 3 nitrogen and oxygen atoms in total. The van der Waals surface area contributed by atoms with Crippen molar-refractivity contribution in [2.24, 2.45) is 0 Å². The molecule has 0 radical (unpaired) electrons. The van der Waals surface area contributed by atoms with Crippen LogP contribution >= 0.6 is 0 Å². The van der Waals surface area contributed by atoms with Gasteiger partial charge in [0.15, 0.2) is 0 Å². The van der Waals surface area contributed by atoms with Crippen LogP contribution in [0.5, 0.6) is 5.75 Å². The number of phenols is 1. The minimum absolute atomic E-state index is 0.260. The highest BCUT2D eigenvalue weighted by atomic mass is 16.3. The summed E-state index contributed by atoms with van der Waals surface area (Å²) in [5.41, 5.74) is 4.45. The molecule has 0 atom stereocenters. The zero-order valence-corrected chi connectivity index (χ0v) is 12.2. The van der Waals surface area contributed by atoms with E-state index in [4.69, 9.17) is 0 Å². The van der Waals surface area contributed by atoms with Crippen molar-refractivity contribution in [3.05, 3.63) is 71.5 Å². The number of nitrogens with zero attached hydrogens (tertiary/aromatic N) is 2. The van der Waals surface area contributed by atoms with Gasteiger partial charge in [-0.1, -0.05) is 36.4 Å². The van der Waals surface area contributed by atoms with E-state index in [-0.39, 0.29) is 5.75 Å². The standard InChI is InChI=1S/C18H18N2O/c1-13-6-3-4-7-16(13)12-20-11-14(2)19-18(20)15-8-5-9-17(21)10-15/h3-11,21H,12H2,1-2H3. The fourth-order valence-corrected chi connectivity index (χ4v) is 2.51. The summed E-state index contributed by atoms with van der Waals surface area (Å²) >= 11 is 0. The molecular weight excluding hydrogens is 260 g/mol. The van der Waals surface area contributed by atoms with E-state index in [2.05, 4.69) is 34.7 Å². The highest BCUT2D eigenvalue weighted by Gasteiger charge is 2.10. The Morgan fingerprint density at radius 2 is 1.86 bits per heavy atom. The summed E-state index contributed by atoms with van der Waals surface area (Å²) in [5.74, 6) is 1.14. The molecule has 0 unspecified atom stereocenters. The molecule has 106 valence electrons. The van der Waals surface area contributed by atoms with Crippen LogP contribution in [0, 0.1) is 13.8 Å². The van der Waals surface area contributed by atoms with Crippen molar-refractivity contribution in [2.75, 3.05) is 0 Å². The van der Waals surface area contributed by atoms with Crippen molar-refractivity contribution in [3.63, 3.8) is 0 Å². The quantitative estimate of drug-likeness (QED) is 0.788. The van der Waals surface area contributed by atoms with Gasteiger partial charge >= 0.3 is 0 Å². The third kappa shape index (κ3) is 2.82. The van der Waals surface area contributed by atoms with Crippen LogP contribution in [0.1, 0.15) is 16.8 Å². The predicted molar refractivity (Wildman–Crippen MR) is 84.3 cm³/mol. The van der Waals surface area contributed by atoms with E-state index >= 15 is 0 Å². The van der Waals surface area contributed by atoms with Crippen molar-refractivity contribution < 1.29 is 5.11 Å². The Bertz CT molecular complexity index is 774. The highest BCUT2D eigenvalue weighted by Crippen LogP contribution is 2.24. The summed E-state index contributed by atoms with van der Waals surface area (Å²) in [6, 6.07) is 15.6. The molecule has 0 aliphatic heterocycles. The molecule has 0 amide bonds. The molecule has 3 rings (SSSR count). The second-order valence-electron chi connectivity index (χ2n) is 5.31. The molecule has 0 aliphatic rings. The molecule has 1 N–H and O–H groups in total. The minimum Gasteiger partial charge on any atom is -0.508 e. The number of rotatable bonds is 3. The van der Waals surface area contributed by atoms with Crippen LogP contribution in [-0.2, 0) is 6.54 Å².